The minimum atomic E-state index is -0.851. The topological polar surface area (TPSA) is 54.0 Å². The quantitative estimate of drug-likeness (QED) is 0.876. The summed E-state index contributed by atoms with van der Waals surface area (Å²) in [7, 11) is 0. The molecule has 2 rings (SSSR count). The average Bonchev–Trinajstić information content (AvgIpc) is 2.43. The lowest BCUT2D eigenvalue weighted by Crippen LogP contribution is -2.15. The molecule has 2 N–H and O–H groups in total. The number of carbonyl (C=O) groups is 1. The standard InChI is InChI=1S/C14H12BrF2N3O/c1-2-18-12-5-8(3-4-19-12)14(21)20-13-10(16)6-9(15)7-11(13)17/h3-7H,2H2,1H3,(H,18,19)(H,20,21). The van der Waals surface area contributed by atoms with Crippen LogP contribution in [0.15, 0.2) is 34.9 Å². The molecule has 0 fully saturated rings. The Morgan fingerprint density at radius 2 is 1.95 bits per heavy atom. The Kier molecular flexibility index (Phi) is 4.85. The SMILES string of the molecule is CCNc1cc(C(=O)Nc2c(F)cc(Br)cc2F)ccn1. The molecule has 110 valence electrons. The van der Waals surface area contributed by atoms with Gasteiger partial charge in [-0.25, -0.2) is 13.8 Å². The van der Waals surface area contributed by atoms with Gasteiger partial charge in [0.15, 0.2) is 11.6 Å². The summed E-state index contributed by atoms with van der Waals surface area (Å²) in [5, 5.41) is 5.18. The van der Waals surface area contributed by atoms with E-state index in [-0.39, 0.29) is 10.0 Å². The second-order valence-corrected chi connectivity index (χ2v) is 5.07. The van der Waals surface area contributed by atoms with Crippen LogP contribution >= 0.6 is 15.9 Å². The molecule has 0 radical (unpaired) electrons. The van der Waals surface area contributed by atoms with Crippen molar-refractivity contribution in [2.45, 2.75) is 6.92 Å². The zero-order chi connectivity index (χ0) is 15.4. The fourth-order valence-electron chi connectivity index (χ4n) is 1.70. The third-order valence-corrected chi connectivity index (χ3v) is 3.08. The summed E-state index contributed by atoms with van der Waals surface area (Å²) in [5.41, 5.74) is -0.229. The van der Waals surface area contributed by atoms with Crippen molar-refractivity contribution >= 4 is 33.3 Å². The van der Waals surface area contributed by atoms with Crippen molar-refractivity contribution in [3.8, 4) is 0 Å². The molecule has 0 aliphatic carbocycles. The maximum Gasteiger partial charge on any atom is 0.256 e. The molecule has 0 atom stereocenters. The minimum absolute atomic E-state index is 0.252. The number of aromatic nitrogens is 1. The summed E-state index contributed by atoms with van der Waals surface area (Å²) in [6.45, 7) is 2.54. The summed E-state index contributed by atoms with van der Waals surface area (Å²) in [6, 6.07) is 5.13. The molecule has 21 heavy (non-hydrogen) atoms. The molecule has 0 saturated carbocycles. The first-order valence-corrected chi connectivity index (χ1v) is 6.96. The summed E-state index contributed by atoms with van der Waals surface area (Å²) in [4.78, 5) is 16.1. The molecule has 4 nitrogen and oxygen atoms in total. The number of rotatable bonds is 4. The van der Waals surface area contributed by atoms with E-state index in [0.29, 0.717) is 12.4 Å². The van der Waals surface area contributed by atoms with Gasteiger partial charge in [-0.3, -0.25) is 4.79 Å². The van der Waals surface area contributed by atoms with Crippen LogP contribution < -0.4 is 10.6 Å². The van der Waals surface area contributed by atoms with Gasteiger partial charge in [-0.1, -0.05) is 15.9 Å². The highest BCUT2D eigenvalue weighted by molar-refractivity contribution is 9.10. The molecule has 0 saturated heterocycles. The van der Waals surface area contributed by atoms with Crippen LogP contribution in [0, 0.1) is 11.6 Å². The second kappa shape index (κ2) is 6.62. The number of nitrogens with zero attached hydrogens (tertiary/aromatic N) is 1. The van der Waals surface area contributed by atoms with E-state index in [1.807, 2.05) is 6.92 Å². The lowest BCUT2D eigenvalue weighted by Gasteiger charge is -2.09. The molecule has 1 amide bonds. The molecule has 0 bridgehead atoms. The van der Waals surface area contributed by atoms with Crippen LogP contribution in [0.5, 0.6) is 0 Å². The highest BCUT2D eigenvalue weighted by Crippen LogP contribution is 2.24. The normalized spacial score (nSPS) is 10.3. The number of hydrogen-bond donors (Lipinski definition) is 2. The van der Waals surface area contributed by atoms with E-state index in [1.54, 1.807) is 0 Å². The monoisotopic (exact) mass is 355 g/mol. The molecule has 0 aliphatic rings. The van der Waals surface area contributed by atoms with Gasteiger partial charge in [0.1, 0.15) is 11.5 Å². The number of anilines is 2. The van der Waals surface area contributed by atoms with E-state index in [1.165, 1.54) is 18.3 Å². The number of hydrogen-bond acceptors (Lipinski definition) is 3. The van der Waals surface area contributed by atoms with E-state index in [4.69, 9.17) is 0 Å². The Morgan fingerprint density at radius 3 is 2.57 bits per heavy atom. The van der Waals surface area contributed by atoms with E-state index >= 15 is 0 Å². The van der Waals surface area contributed by atoms with Crippen LogP contribution in [0.4, 0.5) is 20.3 Å². The Morgan fingerprint density at radius 1 is 1.29 bits per heavy atom. The molecule has 2 aromatic rings. The third-order valence-electron chi connectivity index (χ3n) is 2.63. The summed E-state index contributed by atoms with van der Waals surface area (Å²) in [6.07, 6.45) is 1.45. The molecular formula is C14H12BrF2N3O. The van der Waals surface area contributed by atoms with Gasteiger partial charge < -0.3 is 10.6 Å². The lowest BCUT2D eigenvalue weighted by molar-refractivity contribution is 0.102. The lowest BCUT2D eigenvalue weighted by atomic mass is 10.2. The second-order valence-electron chi connectivity index (χ2n) is 4.16. The number of carbonyl (C=O) groups excluding carboxylic acids is 1. The van der Waals surface area contributed by atoms with Gasteiger partial charge >= 0.3 is 0 Å². The van der Waals surface area contributed by atoms with Gasteiger partial charge in [0.25, 0.3) is 5.91 Å². The summed E-state index contributed by atoms with van der Waals surface area (Å²) in [5.74, 6) is -1.80. The van der Waals surface area contributed by atoms with Gasteiger partial charge in [-0.2, -0.15) is 0 Å². The zero-order valence-corrected chi connectivity index (χ0v) is 12.7. The zero-order valence-electron chi connectivity index (χ0n) is 11.1. The van der Waals surface area contributed by atoms with Crippen LogP contribution in [0.3, 0.4) is 0 Å². The van der Waals surface area contributed by atoms with Crippen molar-refractivity contribution in [1.29, 1.82) is 0 Å². The maximum absolute atomic E-state index is 13.7. The molecule has 1 aromatic carbocycles. The molecular weight excluding hydrogens is 344 g/mol. The molecule has 0 aliphatic heterocycles. The first-order chi connectivity index (χ1) is 10.0. The fourth-order valence-corrected chi connectivity index (χ4v) is 2.10. The van der Waals surface area contributed by atoms with Crippen LogP contribution in [0.25, 0.3) is 0 Å². The average molecular weight is 356 g/mol. The molecule has 1 heterocycles. The molecule has 7 heteroatoms. The predicted octanol–water partition coefficient (Wildman–Crippen LogP) is 3.81. The first kappa shape index (κ1) is 15.4. The largest absolute Gasteiger partial charge is 0.370 e. The van der Waals surface area contributed by atoms with E-state index in [0.717, 1.165) is 12.1 Å². The Bertz CT molecular complexity index is 656. The van der Waals surface area contributed by atoms with Crippen molar-refractivity contribution in [2.24, 2.45) is 0 Å². The molecule has 1 aromatic heterocycles. The highest BCUT2D eigenvalue weighted by atomic mass is 79.9. The van der Waals surface area contributed by atoms with Crippen molar-refractivity contribution < 1.29 is 13.6 Å². The number of halogens is 3. The van der Waals surface area contributed by atoms with Crippen molar-refractivity contribution in [3.63, 3.8) is 0 Å². The van der Waals surface area contributed by atoms with Gasteiger partial charge in [0, 0.05) is 22.8 Å². The van der Waals surface area contributed by atoms with E-state index in [2.05, 4.69) is 31.5 Å². The van der Waals surface area contributed by atoms with Crippen LogP contribution in [0.1, 0.15) is 17.3 Å². The number of pyridine rings is 1. The Balaban J connectivity index is 2.24. The van der Waals surface area contributed by atoms with Crippen LogP contribution in [0.2, 0.25) is 0 Å². The predicted molar refractivity (Wildman–Crippen MR) is 80.4 cm³/mol. The van der Waals surface area contributed by atoms with Gasteiger partial charge in [0.05, 0.1) is 0 Å². The number of amides is 1. The van der Waals surface area contributed by atoms with Gasteiger partial charge in [-0.15, -0.1) is 0 Å². The van der Waals surface area contributed by atoms with Crippen LogP contribution in [-0.4, -0.2) is 17.4 Å². The van der Waals surface area contributed by atoms with Gasteiger partial charge in [0.2, 0.25) is 0 Å². The first-order valence-electron chi connectivity index (χ1n) is 6.17. The number of benzene rings is 1. The number of nitrogens with one attached hydrogen (secondary N) is 2. The third kappa shape index (κ3) is 3.75. The van der Waals surface area contributed by atoms with E-state index in [9.17, 15) is 13.6 Å². The maximum atomic E-state index is 13.7. The van der Waals surface area contributed by atoms with Gasteiger partial charge in [-0.05, 0) is 31.2 Å². The summed E-state index contributed by atoms with van der Waals surface area (Å²) >= 11 is 2.98. The molecule has 0 spiro atoms. The van der Waals surface area contributed by atoms with Crippen molar-refractivity contribution in [1.82, 2.24) is 4.98 Å². The summed E-state index contributed by atoms with van der Waals surface area (Å²) < 4.78 is 27.6. The molecule has 0 unspecified atom stereocenters. The Hall–Kier alpha value is -2.02. The fraction of sp³-hybridized carbons (Fsp3) is 0.143. The van der Waals surface area contributed by atoms with Crippen LogP contribution in [-0.2, 0) is 0 Å². The van der Waals surface area contributed by atoms with E-state index < -0.39 is 23.2 Å². The highest BCUT2D eigenvalue weighted by Gasteiger charge is 2.15. The van der Waals surface area contributed by atoms with Crippen molar-refractivity contribution in [3.05, 3.63) is 52.1 Å². The smallest absolute Gasteiger partial charge is 0.256 e. The van der Waals surface area contributed by atoms with Crippen molar-refractivity contribution in [2.75, 3.05) is 17.2 Å². The minimum Gasteiger partial charge on any atom is -0.370 e. The Labute approximate surface area is 128 Å².